The Morgan fingerprint density at radius 2 is 1.30 bits per heavy atom. The number of hydrogen-bond donors (Lipinski definition) is 2. The fourth-order valence-corrected chi connectivity index (χ4v) is 2.83. The molecule has 0 unspecified atom stereocenters. The van der Waals surface area contributed by atoms with E-state index in [1.54, 1.807) is 30.3 Å². The Hall–Kier alpha value is -3.15. The Bertz CT molecular complexity index is 860. The highest BCUT2D eigenvalue weighted by Crippen LogP contribution is 2.26. The zero-order chi connectivity index (χ0) is 20.1. The second kappa shape index (κ2) is 8.49. The number of hydrogen-bond acceptors (Lipinski definition) is 4. The topological polar surface area (TPSA) is 84.5 Å². The van der Waals surface area contributed by atoms with Crippen molar-refractivity contribution in [3.63, 3.8) is 0 Å². The number of carbonyl (C=O) groups excluding carboxylic acids is 3. The summed E-state index contributed by atoms with van der Waals surface area (Å²) in [7, 11) is 0. The van der Waals surface area contributed by atoms with Crippen LogP contribution in [-0.4, -0.2) is 24.4 Å². The average molecular weight is 368 g/mol. The molecule has 0 atom stereocenters. The van der Waals surface area contributed by atoms with Crippen molar-refractivity contribution in [2.75, 3.05) is 6.61 Å². The third kappa shape index (κ3) is 4.53. The number of ether oxygens (including phenoxy) is 1. The van der Waals surface area contributed by atoms with Gasteiger partial charge in [-0.25, -0.2) is 4.79 Å². The van der Waals surface area contributed by atoms with Crippen LogP contribution in [0.25, 0.3) is 0 Å². The molecule has 2 aromatic rings. The summed E-state index contributed by atoms with van der Waals surface area (Å²) in [5.74, 6) is -1.63. The van der Waals surface area contributed by atoms with Crippen LogP contribution in [0.15, 0.2) is 30.3 Å². The fourth-order valence-electron chi connectivity index (χ4n) is 2.83. The van der Waals surface area contributed by atoms with Crippen molar-refractivity contribution >= 4 is 17.8 Å². The standard InChI is InChI=1S/C21H24N2O4/c1-12-13(2)15(4)19(16(5)14(12)3)21(26)27-11-18(24)22-23-20(25)17-9-7-6-8-10-17/h6-10H,11H2,1-5H3,(H,22,24)(H,23,25). The molecule has 0 saturated heterocycles. The summed E-state index contributed by atoms with van der Waals surface area (Å²) in [6, 6.07) is 8.46. The van der Waals surface area contributed by atoms with Gasteiger partial charge in [-0.1, -0.05) is 18.2 Å². The van der Waals surface area contributed by atoms with Crippen molar-refractivity contribution < 1.29 is 19.1 Å². The predicted octanol–water partition coefficient (Wildman–Crippen LogP) is 2.85. The van der Waals surface area contributed by atoms with Gasteiger partial charge in [-0.05, 0) is 74.6 Å². The zero-order valence-electron chi connectivity index (χ0n) is 16.2. The van der Waals surface area contributed by atoms with Crippen LogP contribution in [-0.2, 0) is 9.53 Å². The van der Waals surface area contributed by atoms with E-state index in [1.807, 2.05) is 34.6 Å². The summed E-state index contributed by atoms with van der Waals surface area (Å²) in [6.07, 6.45) is 0. The van der Waals surface area contributed by atoms with Gasteiger partial charge in [0.25, 0.3) is 11.8 Å². The summed E-state index contributed by atoms with van der Waals surface area (Å²) in [5.41, 5.74) is 10.3. The molecule has 0 aliphatic rings. The molecular weight excluding hydrogens is 344 g/mol. The van der Waals surface area contributed by atoms with Crippen LogP contribution in [0.5, 0.6) is 0 Å². The molecule has 0 spiro atoms. The number of carbonyl (C=O) groups is 3. The molecule has 142 valence electrons. The van der Waals surface area contributed by atoms with Crippen molar-refractivity contribution in [3.05, 3.63) is 69.3 Å². The average Bonchev–Trinajstić information content (AvgIpc) is 2.68. The van der Waals surface area contributed by atoms with E-state index in [9.17, 15) is 14.4 Å². The normalized spacial score (nSPS) is 10.3. The predicted molar refractivity (Wildman–Crippen MR) is 102 cm³/mol. The second-order valence-corrected chi connectivity index (χ2v) is 6.44. The summed E-state index contributed by atoms with van der Waals surface area (Å²) in [5, 5.41) is 0. The Morgan fingerprint density at radius 1 is 0.778 bits per heavy atom. The molecule has 2 N–H and O–H groups in total. The third-order valence-corrected chi connectivity index (χ3v) is 4.89. The highest BCUT2D eigenvalue weighted by atomic mass is 16.5. The molecule has 2 rings (SSSR count). The Kier molecular flexibility index (Phi) is 6.34. The molecule has 2 amide bonds. The number of benzene rings is 2. The Balaban J connectivity index is 1.96. The lowest BCUT2D eigenvalue weighted by molar-refractivity contribution is -0.125. The van der Waals surface area contributed by atoms with Crippen LogP contribution >= 0.6 is 0 Å². The summed E-state index contributed by atoms with van der Waals surface area (Å²) >= 11 is 0. The molecule has 0 aliphatic heterocycles. The first kappa shape index (κ1) is 20.2. The van der Waals surface area contributed by atoms with Crippen LogP contribution in [0.2, 0.25) is 0 Å². The molecule has 0 radical (unpaired) electrons. The quantitative estimate of drug-likeness (QED) is 0.642. The first-order valence-corrected chi connectivity index (χ1v) is 8.62. The first-order chi connectivity index (χ1) is 12.7. The molecule has 6 heteroatoms. The monoisotopic (exact) mass is 368 g/mol. The second-order valence-electron chi connectivity index (χ2n) is 6.44. The first-order valence-electron chi connectivity index (χ1n) is 8.62. The summed E-state index contributed by atoms with van der Waals surface area (Å²) in [4.78, 5) is 36.2. The van der Waals surface area contributed by atoms with Gasteiger partial charge in [0.05, 0.1) is 5.56 Å². The minimum absolute atomic E-state index is 0.409. The van der Waals surface area contributed by atoms with E-state index in [2.05, 4.69) is 10.9 Å². The molecule has 2 aromatic carbocycles. The fraction of sp³-hybridized carbons (Fsp3) is 0.286. The molecule has 0 bridgehead atoms. The lowest BCUT2D eigenvalue weighted by atomic mass is 9.90. The maximum atomic E-state index is 12.5. The lowest BCUT2D eigenvalue weighted by Crippen LogP contribution is -2.43. The van der Waals surface area contributed by atoms with Crippen molar-refractivity contribution in [2.45, 2.75) is 34.6 Å². The van der Waals surface area contributed by atoms with Crippen molar-refractivity contribution in [3.8, 4) is 0 Å². The number of hydrazine groups is 1. The number of esters is 1. The minimum Gasteiger partial charge on any atom is -0.452 e. The highest BCUT2D eigenvalue weighted by Gasteiger charge is 2.20. The lowest BCUT2D eigenvalue weighted by Gasteiger charge is -2.17. The zero-order valence-corrected chi connectivity index (χ0v) is 16.2. The SMILES string of the molecule is Cc1c(C)c(C)c(C(=O)OCC(=O)NNC(=O)c2ccccc2)c(C)c1C. The minimum atomic E-state index is -0.622. The van der Waals surface area contributed by atoms with Gasteiger partial charge in [0.1, 0.15) is 0 Å². The summed E-state index contributed by atoms with van der Waals surface area (Å²) < 4.78 is 5.14. The number of amides is 2. The van der Waals surface area contributed by atoms with Gasteiger partial charge in [0.2, 0.25) is 0 Å². The highest BCUT2D eigenvalue weighted by molar-refractivity contribution is 5.97. The van der Waals surface area contributed by atoms with E-state index in [0.29, 0.717) is 11.1 Å². The van der Waals surface area contributed by atoms with Gasteiger partial charge in [-0.15, -0.1) is 0 Å². The maximum Gasteiger partial charge on any atom is 0.339 e. The van der Waals surface area contributed by atoms with E-state index in [4.69, 9.17) is 4.74 Å². The largest absolute Gasteiger partial charge is 0.452 e. The van der Waals surface area contributed by atoms with Crippen LogP contribution in [0.3, 0.4) is 0 Å². The van der Waals surface area contributed by atoms with Crippen molar-refractivity contribution in [2.24, 2.45) is 0 Å². The molecule has 27 heavy (non-hydrogen) atoms. The van der Waals surface area contributed by atoms with Crippen molar-refractivity contribution in [1.29, 1.82) is 0 Å². The van der Waals surface area contributed by atoms with Crippen molar-refractivity contribution in [1.82, 2.24) is 10.9 Å². The molecular formula is C21H24N2O4. The number of nitrogens with one attached hydrogen (secondary N) is 2. The van der Waals surface area contributed by atoms with E-state index in [1.165, 1.54) is 0 Å². The van der Waals surface area contributed by atoms with Crippen LogP contribution in [0.4, 0.5) is 0 Å². The van der Waals surface area contributed by atoms with Gasteiger partial charge >= 0.3 is 5.97 Å². The molecule has 6 nitrogen and oxygen atoms in total. The van der Waals surface area contributed by atoms with E-state index >= 15 is 0 Å². The van der Waals surface area contributed by atoms with Crippen LogP contribution in [0, 0.1) is 34.6 Å². The molecule has 0 fully saturated rings. The summed E-state index contributed by atoms with van der Waals surface area (Å²) in [6.45, 7) is 9.18. The van der Waals surface area contributed by atoms with Gasteiger partial charge < -0.3 is 4.74 Å². The molecule has 0 heterocycles. The van der Waals surface area contributed by atoms with Gasteiger partial charge in [-0.3, -0.25) is 20.4 Å². The Morgan fingerprint density at radius 3 is 1.85 bits per heavy atom. The molecule has 0 aromatic heterocycles. The van der Waals surface area contributed by atoms with Crippen LogP contribution in [0.1, 0.15) is 48.5 Å². The smallest absolute Gasteiger partial charge is 0.339 e. The van der Waals surface area contributed by atoms with Gasteiger partial charge in [0, 0.05) is 5.56 Å². The molecule has 0 saturated carbocycles. The van der Waals surface area contributed by atoms with E-state index in [-0.39, 0.29) is 0 Å². The Labute approximate surface area is 158 Å². The van der Waals surface area contributed by atoms with Gasteiger partial charge in [0.15, 0.2) is 6.61 Å². The van der Waals surface area contributed by atoms with E-state index in [0.717, 1.165) is 27.8 Å². The van der Waals surface area contributed by atoms with Crippen LogP contribution < -0.4 is 10.9 Å². The molecule has 0 aliphatic carbocycles. The maximum absolute atomic E-state index is 12.5. The number of rotatable bonds is 4. The van der Waals surface area contributed by atoms with E-state index < -0.39 is 24.4 Å². The third-order valence-electron chi connectivity index (χ3n) is 4.89. The van der Waals surface area contributed by atoms with Gasteiger partial charge in [-0.2, -0.15) is 0 Å².